The molecule has 3 aromatic rings. The van der Waals surface area contributed by atoms with Gasteiger partial charge in [0, 0.05) is 27.9 Å². The fraction of sp³-hybridized carbons (Fsp3) is 0.214. The molecule has 0 bridgehead atoms. The number of anilines is 1. The highest BCUT2D eigenvalue weighted by molar-refractivity contribution is 6.28. The summed E-state index contributed by atoms with van der Waals surface area (Å²) < 4.78 is 16.1. The minimum Gasteiger partial charge on any atom is -0.494 e. The number of ether oxygens (including phenoxy) is 3. The van der Waals surface area contributed by atoms with Gasteiger partial charge < -0.3 is 19.5 Å². The van der Waals surface area contributed by atoms with Crippen LogP contribution < -0.4 is 14.8 Å². The molecule has 184 valence electrons. The molecule has 0 aliphatic heterocycles. The summed E-state index contributed by atoms with van der Waals surface area (Å²) in [7, 11) is 0. The monoisotopic (exact) mass is 487 g/mol. The van der Waals surface area contributed by atoms with E-state index in [2.05, 4.69) is 5.32 Å². The van der Waals surface area contributed by atoms with Gasteiger partial charge in [0.1, 0.15) is 11.5 Å². The molecule has 3 aromatic carbocycles. The summed E-state index contributed by atoms with van der Waals surface area (Å²) in [6.07, 6.45) is -1.11. The molecule has 1 atom stereocenters. The maximum Gasteiger partial charge on any atom is 0.310 e. The highest BCUT2D eigenvalue weighted by Gasteiger charge is 2.29. The molecule has 4 rings (SSSR count). The second-order valence-corrected chi connectivity index (χ2v) is 8.09. The van der Waals surface area contributed by atoms with Gasteiger partial charge in [-0.3, -0.25) is 19.2 Å². The molecule has 0 radical (unpaired) electrons. The third-order valence-corrected chi connectivity index (χ3v) is 5.58. The summed E-state index contributed by atoms with van der Waals surface area (Å²) in [5.41, 5.74) is 1.50. The van der Waals surface area contributed by atoms with Crippen molar-refractivity contribution in [3.63, 3.8) is 0 Å². The fourth-order valence-electron chi connectivity index (χ4n) is 3.78. The first-order chi connectivity index (χ1) is 17.4. The summed E-state index contributed by atoms with van der Waals surface area (Å²) >= 11 is 0. The fourth-order valence-corrected chi connectivity index (χ4v) is 3.78. The standard InChI is InChI=1S/C28H25NO7/c1-3-34-19-9-11-20(12-10-19)35-15-14-25(30)36-17(2)28(33)29-18-8-13-23-24(16-18)27(32)22-7-5-4-6-21(22)26(23)31/h4-13,16-17H,3,14-15H2,1-2H3,(H,29,33). The molecule has 0 fully saturated rings. The Kier molecular flexibility index (Phi) is 7.44. The number of carbonyl (C=O) groups is 4. The molecule has 1 amide bonds. The normalized spacial score (nSPS) is 12.7. The Morgan fingerprint density at radius 3 is 2.03 bits per heavy atom. The van der Waals surface area contributed by atoms with Crippen LogP contribution >= 0.6 is 0 Å². The third kappa shape index (κ3) is 5.43. The Balaban J connectivity index is 1.30. The van der Waals surface area contributed by atoms with Gasteiger partial charge in [-0.05, 0) is 56.3 Å². The van der Waals surface area contributed by atoms with E-state index in [-0.39, 0.29) is 35.7 Å². The lowest BCUT2D eigenvalue weighted by Gasteiger charge is -2.19. The van der Waals surface area contributed by atoms with Crippen molar-refractivity contribution in [2.75, 3.05) is 18.5 Å². The quantitative estimate of drug-likeness (QED) is 0.353. The first-order valence-corrected chi connectivity index (χ1v) is 11.6. The molecule has 0 heterocycles. The van der Waals surface area contributed by atoms with Gasteiger partial charge in [-0.25, -0.2) is 0 Å². The number of hydrogen-bond acceptors (Lipinski definition) is 7. The molecule has 1 aliphatic rings. The summed E-state index contributed by atoms with van der Waals surface area (Å²) in [5.74, 6) is -0.378. The van der Waals surface area contributed by atoms with Gasteiger partial charge in [0.25, 0.3) is 5.91 Å². The van der Waals surface area contributed by atoms with Crippen LogP contribution in [-0.2, 0) is 14.3 Å². The van der Waals surface area contributed by atoms with E-state index in [1.54, 1.807) is 48.5 Å². The Morgan fingerprint density at radius 2 is 1.39 bits per heavy atom. The van der Waals surface area contributed by atoms with Crippen LogP contribution in [0.3, 0.4) is 0 Å². The predicted molar refractivity (Wildman–Crippen MR) is 132 cm³/mol. The number of fused-ring (bicyclic) bond motifs is 2. The first kappa shape index (κ1) is 24.7. The zero-order chi connectivity index (χ0) is 25.7. The van der Waals surface area contributed by atoms with Gasteiger partial charge in [-0.15, -0.1) is 0 Å². The molecule has 8 heteroatoms. The summed E-state index contributed by atoms with van der Waals surface area (Å²) in [6.45, 7) is 4.00. The van der Waals surface area contributed by atoms with Crippen molar-refractivity contribution in [3.05, 3.63) is 89.0 Å². The number of carbonyl (C=O) groups excluding carboxylic acids is 4. The molecule has 36 heavy (non-hydrogen) atoms. The average molecular weight is 488 g/mol. The molecule has 0 aromatic heterocycles. The SMILES string of the molecule is CCOc1ccc(OCCC(=O)OC(C)C(=O)Nc2ccc3c(c2)C(=O)c2ccccc2C3=O)cc1. The molecule has 1 aliphatic carbocycles. The molecule has 1 unspecified atom stereocenters. The Morgan fingerprint density at radius 1 is 0.806 bits per heavy atom. The molecule has 0 saturated heterocycles. The zero-order valence-corrected chi connectivity index (χ0v) is 19.9. The van der Waals surface area contributed by atoms with E-state index in [0.29, 0.717) is 29.2 Å². The molecule has 8 nitrogen and oxygen atoms in total. The van der Waals surface area contributed by atoms with Gasteiger partial charge in [-0.2, -0.15) is 0 Å². The maximum absolute atomic E-state index is 12.9. The van der Waals surface area contributed by atoms with Crippen molar-refractivity contribution in [1.29, 1.82) is 0 Å². The first-order valence-electron chi connectivity index (χ1n) is 11.6. The van der Waals surface area contributed by atoms with E-state index in [9.17, 15) is 19.2 Å². The number of nitrogens with one attached hydrogen (secondary N) is 1. The molecule has 1 N–H and O–H groups in total. The number of ketones is 2. The Labute approximate surface area is 208 Å². The van der Waals surface area contributed by atoms with Crippen molar-refractivity contribution in [1.82, 2.24) is 0 Å². The van der Waals surface area contributed by atoms with Gasteiger partial charge in [-0.1, -0.05) is 24.3 Å². The minimum absolute atomic E-state index is 0.0420. The van der Waals surface area contributed by atoms with E-state index >= 15 is 0 Å². The van der Waals surface area contributed by atoms with E-state index in [1.165, 1.54) is 25.1 Å². The number of rotatable bonds is 9. The van der Waals surface area contributed by atoms with Crippen LogP contribution in [0.4, 0.5) is 5.69 Å². The van der Waals surface area contributed by atoms with Crippen LogP contribution in [0.1, 0.15) is 52.1 Å². The van der Waals surface area contributed by atoms with Crippen molar-refractivity contribution >= 4 is 29.1 Å². The Hall–Kier alpha value is -4.46. The second kappa shape index (κ2) is 10.9. The lowest BCUT2D eigenvalue weighted by Crippen LogP contribution is -2.30. The molecule has 0 spiro atoms. The Bertz CT molecular complexity index is 1310. The van der Waals surface area contributed by atoms with E-state index in [1.807, 2.05) is 6.92 Å². The summed E-state index contributed by atoms with van der Waals surface area (Å²) in [6, 6.07) is 18.1. The molecular formula is C28H25NO7. The maximum atomic E-state index is 12.9. The van der Waals surface area contributed by atoms with Crippen LogP contribution in [-0.4, -0.2) is 42.8 Å². The lowest BCUT2D eigenvalue weighted by molar-refractivity contribution is -0.153. The number of amides is 1. The highest BCUT2D eigenvalue weighted by atomic mass is 16.5. The van der Waals surface area contributed by atoms with Crippen molar-refractivity contribution < 1.29 is 33.4 Å². The molecule has 0 saturated carbocycles. The van der Waals surface area contributed by atoms with Crippen LogP contribution in [0.25, 0.3) is 0 Å². The van der Waals surface area contributed by atoms with Crippen molar-refractivity contribution in [2.45, 2.75) is 26.4 Å². The third-order valence-electron chi connectivity index (χ3n) is 5.58. The van der Waals surface area contributed by atoms with Gasteiger partial charge in [0.2, 0.25) is 0 Å². The number of hydrogen-bond donors (Lipinski definition) is 1. The van der Waals surface area contributed by atoms with Crippen LogP contribution in [0.5, 0.6) is 11.5 Å². The van der Waals surface area contributed by atoms with E-state index in [0.717, 1.165) is 5.75 Å². The number of esters is 1. The summed E-state index contributed by atoms with van der Waals surface area (Å²) in [5, 5.41) is 2.63. The average Bonchev–Trinajstić information content (AvgIpc) is 2.88. The highest BCUT2D eigenvalue weighted by Crippen LogP contribution is 2.29. The van der Waals surface area contributed by atoms with Crippen LogP contribution in [0, 0.1) is 0 Å². The second-order valence-electron chi connectivity index (χ2n) is 8.09. The minimum atomic E-state index is -1.07. The van der Waals surface area contributed by atoms with Gasteiger partial charge >= 0.3 is 5.97 Å². The van der Waals surface area contributed by atoms with E-state index < -0.39 is 18.0 Å². The van der Waals surface area contributed by atoms with Crippen LogP contribution in [0.15, 0.2) is 66.7 Å². The van der Waals surface area contributed by atoms with Crippen molar-refractivity contribution in [3.8, 4) is 11.5 Å². The topological polar surface area (TPSA) is 108 Å². The van der Waals surface area contributed by atoms with Gasteiger partial charge in [0.05, 0.1) is 19.6 Å². The van der Waals surface area contributed by atoms with Crippen molar-refractivity contribution in [2.24, 2.45) is 0 Å². The smallest absolute Gasteiger partial charge is 0.310 e. The zero-order valence-electron chi connectivity index (χ0n) is 19.9. The lowest BCUT2D eigenvalue weighted by atomic mass is 9.84. The van der Waals surface area contributed by atoms with Crippen LogP contribution in [0.2, 0.25) is 0 Å². The predicted octanol–water partition coefficient (Wildman–Crippen LogP) is 4.20. The van der Waals surface area contributed by atoms with E-state index in [4.69, 9.17) is 14.2 Å². The molecular weight excluding hydrogens is 462 g/mol. The van der Waals surface area contributed by atoms with Gasteiger partial charge in [0.15, 0.2) is 17.7 Å². The number of benzene rings is 3. The summed E-state index contributed by atoms with van der Waals surface area (Å²) in [4.78, 5) is 50.3. The largest absolute Gasteiger partial charge is 0.494 e.